The molecule has 5 nitrogen and oxygen atoms in total. The van der Waals surface area contributed by atoms with Gasteiger partial charge in [-0.1, -0.05) is 42.5 Å². The van der Waals surface area contributed by atoms with Crippen molar-refractivity contribution in [2.45, 2.75) is 19.0 Å². The molecule has 7 heteroatoms. The Bertz CT molecular complexity index is 1310. The predicted octanol–water partition coefficient (Wildman–Crippen LogP) is 4.45. The highest BCUT2D eigenvalue weighted by molar-refractivity contribution is 5.69. The Morgan fingerprint density at radius 1 is 0.781 bits per heavy atom. The topological polar surface area (TPSA) is 78.4 Å². The van der Waals surface area contributed by atoms with Crippen LogP contribution >= 0.6 is 0 Å². The van der Waals surface area contributed by atoms with Gasteiger partial charge in [-0.25, -0.2) is 8.78 Å². The van der Waals surface area contributed by atoms with Crippen molar-refractivity contribution in [3.05, 3.63) is 122 Å². The van der Waals surface area contributed by atoms with Gasteiger partial charge in [0.05, 0.1) is 6.04 Å². The number of benzene rings is 3. The van der Waals surface area contributed by atoms with E-state index in [0.717, 1.165) is 17.2 Å². The van der Waals surface area contributed by atoms with Gasteiger partial charge in [-0.15, -0.1) is 0 Å². The quantitative estimate of drug-likeness (QED) is 0.375. The zero-order valence-electron chi connectivity index (χ0n) is 17.1. The van der Waals surface area contributed by atoms with Crippen LogP contribution in [0.2, 0.25) is 0 Å². The van der Waals surface area contributed by atoms with Gasteiger partial charge >= 0.3 is 0 Å². The summed E-state index contributed by atoms with van der Waals surface area (Å²) < 4.78 is 27.4. The van der Waals surface area contributed by atoms with E-state index in [0.29, 0.717) is 11.3 Å². The first-order valence-corrected chi connectivity index (χ1v) is 9.99. The molecule has 4 aromatic carbocycles. The highest BCUT2D eigenvalue weighted by atomic mass is 19.1. The lowest BCUT2D eigenvalue weighted by Gasteiger charge is -2.25. The molecule has 2 atom stereocenters. The second kappa shape index (κ2) is 8.72. The average molecular weight is 434 g/mol. The molecule has 4 rings (SSSR count). The minimum absolute atomic E-state index is 0.139. The molecule has 1 unspecified atom stereocenters. The molecule has 0 heterocycles. The molecule has 0 bridgehead atoms. The minimum atomic E-state index is -0.913. The van der Waals surface area contributed by atoms with Crippen molar-refractivity contribution in [1.82, 2.24) is 5.32 Å². The number of hydrogen-bond acceptors (Lipinski definition) is 5. The third-order valence-corrected chi connectivity index (χ3v) is 5.31. The van der Waals surface area contributed by atoms with Crippen LogP contribution in [0.3, 0.4) is 0 Å². The van der Waals surface area contributed by atoms with E-state index in [1.807, 2.05) is 43.3 Å². The molecule has 3 N–H and O–H groups in total. The van der Waals surface area contributed by atoms with E-state index in [1.54, 1.807) is 18.2 Å². The number of halogens is 2. The molecule has 0 aliphatic carbocycles. The van der Waals surface area contributed by atoms with E-state index in [1.165, 1.54) is 12.1 Å². The summed E-state index contributed by atoms with van der Waals surface area (Å²) in [4.78, 5) is 22.9. The first-order valence-electron chi connectivity index (χ1n) is 9.99. The predicted molar refractivity (Wildman–Crippen MR) is 119 cm³/mol. The number of nitrogens with one attached hydrogen (secondary N) is 2. The maximum absolute atomic E-state index is 13.7. The summed E-state index contributed by atoms with van der Waals surface area (Å²) in [5.74, 6) is -1.88. The van der Waals surface area contributed by atoms with Gasteiger partial charge in [0.15, 0.2) is 5.75 Å². The second-order valence-corrected chi connectivity index (χ2v) is 7.57. The third kappa shape index (κ3) is 4.29. The third-order valence-electron chi connectivity index (χ3n) is 5.31. The molecule has 0 fully saturated rings. The molecule has 0 amide bonds. The molecule has 0 aliphatic rings. The fourth-order valence-electron chi connectivity index (χ4n) is 3.64. The van der Waals surface area contributed by atoms with E-state index in [2.05, 4.69) is 10.6 Å². The minimum Gasteiger partial charge on any atom is -0.502 e. The van der Waals surface area contributed by atoms with E-state index in [9.17, 15) is 23.5 Å². The first kappa shape index (κ1) is 21.4. The fourth-order valence-corrected chi connectivity index (χ4v) is 3.64. The standard InChI is InChI=1S/C25H20F2N2O3/c1-14(17-10-18(26)13-19(27)11-17)28-21(15-6-3-2-4-7-15)16-8-5-9-20(12-16)29-22-23(30)25(32)24(22)31/h2-14,21,28-30H,1H3/t14-,21?/m1/s1. The molecule has 0 spiro atoms. The van der Waals surface area contributed by atoms with Crippen LogP contribution in [0, 0.1) is 11.6 Å². The molecule has 162 valence electrons. The van der Waals surface area contributed by atoms with Gasteiger partial charge in [-0.05, 0) is 47.9 Å². The lowest BCUT2D eigenvalue weighted by Crippen LogP contribution is -2.32. The van der Waals surface area contributed by atoms with Crippen molar-refractivity contribution in [1.29, 1.82) is 0 Å². The van der Waals surface area contributed by atoms with Gasteiger partial charge in [0, 0.05) is 17.8 Å². The van der Waals surface area contributed by atoms with Crippen LogP contribution < -0.4 is 21.5 Å². The van der Waals surface area contributed by atoms with Crippen molar-refractivity contribution < 1.29 is 13.9 Å². The molecule has 32 heavy (non-hydrogen) atoms. The largest absolute Gasteiger partial charge is 0.502 e. The Hall–Kier alpha value is -3.84. The highest BCUT2D eigenvalue weighted by Crippen LogP contribution is 2.29. The van der Waals surface area contributed by atoms with E-state index < -0.39 is 28.2 Å². The Morgan fingerprint density at radius 2 is 1.44 bits per heavy atom. The molecule has 0 saturated carbocycles. The Labute approximate surface area is 182 Å². The molecular weight excluding hydrogens is 414 g/mol. The first-order chi connectivity index (χ1) is 15.3. The monoisotopic (exact) mass is 434 g/mol. The summed E-state index contributed by atoms with van der Waals surface area (Å²) in [5, 5.41) is 15.8. The van der Waals surface area contributed by atoms with Gasteiger partial charge in [-0.2, -0.15) is 0 Å². The number of aromatic hydroxyl groups is 1. The Morgan fingerprint density at radius 3 is 2.09 bits per heavy atom. The smallest absolute Gasteiger partial charge is 0.271 e. The summed E-state index contributed by atoms with van der Waals surface area (Å²) >= 11 is 0. The van der Waals surface area contributed by atoms with E-state index in [-0.39, 0.29) is 17.8 Å². The van der Waals surface area contributed by atoms with Crippen LogP contribution in [-0.2, 0) is 0 Å². The van der Waals surface area contributed by atoms with Crippen LogP contribution in [0.5, 0.6) is 5.75 Å². The Balaban J connectivity index is 1.67. The lowest BCUT2D eigenvalue weighted by molar-refractivity contribution is 0.466. The van der Waals surface area contributed by atoms with E-state index in [4.69, 9.17) is 0 Å². The van der Waals surface area contributed by atoms with Crippen LogP contribution in [-0.4, -0.2) is 5.11 Å². The molecule has 0 radical (unpaired) electrons. The second-order valence-electron chi connectivity index (χ2n) is 7.57. The maximum Gasteiger partial charge on any atom is 0.271 e. The zero-order chi connectivity index (χ0) is 22.8. The normalized spacial score (nSPS) is 13.1. The Kier molecular flexibility index (Phi) is 5.83. The van der Waals surface area contributed by atoms with Gasteiger partial charge < -0.3 is 10.4 Å². The van der Waals surface area contributed by atoms with Gasteiger partial charge in [0.2, 0.25) is 0 Å². The van der Waals surface area contributed by atoms with Crippen molar-refractivity contribution in [2.24, 2.45) is 0 Å². The van der Waals surface area contributed by atoms with Crippen LogP contribution in [0.4, 0.5) is 20.2 Å². The van der Waals surface area contributed by atoms with Gasteiger partial charge in [-0.3, -0.25) is 14.9 Å². The number of rotatable bonds is 7. The maximum atomic E-state index is 13.7. The number of hydrogen-bond donors (Lipinski definition) is 3. The van der Waals surface area contributed by atoms with Crippen molar-refractivity contribution >= 4 is 11.4 Å². The summed E-state index contributed by atoms with van der Waals surface area (Å²) in [6.45, 7) is 1.81. The van der Waals surface area contributed by atoms with Crippen molar-refractivity contribution in [3.63, 3.8) is 0 Å². The molecule has 0 saturated heterocycles. The lowest BCUT2D eigenvalue weighted by atomic mass is 9.96. The molecule has 0 aliphatic heterocycles. The van der Waals surface area contributed by atoms with Crippen molar-refractivity contribution in [2.75, 3.05) is 5.32 Å². The van der Waals surface area contributed by atoms with E-state index >= 15 is 0 Å². The molecule has 0 aromatic heterocycles. The van der Waals surface area contributed by atoms with Crippen LogP contribution in [0.1, 0.15) is 35.7 Å². The summed E-state index contributed by atoms with van der Waals surface area (Å²) in [6, 6.07) is 19.3. The summed E-state index contributed by atoms with van der Waals surface area (Å²) in [5.41, 5.74) is 0.882. The van der Waals surface area contributed by atoms with Crippen LogP contribution in [0.15, 0.2) is 82.4 Å². The van der Waals surface area contributed by atoms with Crippen molar-refractivity contribution in [3.8, 4) is 5.75 Å². The summed E-state index contributed by atoms with van der Waals surface area (Å²) in [6.07, 6.45) is 0. The number of anilines is 2. The average Bonchev–Trinajstić information content (AvgIpc) is 2.80. The highest BCUT2D eigenvalue weighted by Gasteiger charge is 2.22. The SMILES string of the molecule is C[C@@H](NC(c1ccccc1)c1cccc(Nc2c(O)c(=O)c2=O)c1)c1cc(F)cc(F)c1. The summed E-state index contributed by atoms with van der Waals surface area (Å²) in [7, 11) is 0. The van der Waals surface area contributed by atoms with Gasteiger partial charge in [0.1, 0.15) is 17.3 Å². The fraction of sp³-hybridized carbons (Fsp3) is 0.120. The van der Waals surface area contributed by atoms with Crippen LogP contribution in [0.25, 0.3) is 0 Å². The van der Waals surface area contributed by atoms with Gasteiger partial charge in [0.25, 0.3) is 10.9 Å². The zero-order valence-corrected chi connectivity index (χ0v) is 17.1. The molecular formula is C25H20F2N2O3. The molecule has 4 aromatic rings.